The van der Waals surface area contributed by atoms with E-state index in [1.165, 1.54) is 6.07 Å². The number of pyridine rings is 1. The van der Waals surface area contributed by atoms with Crippen LogP contribution in [-0.4, -0.2) is 58.7 Å². The molecule has 1 aromatic heterocycles. The highest BCUT2D eigenvalue weighted by Crippen LogP contribution is 2.47. The number of hydrogen-bond acceptors (Lipinski definition) is 7. The number of hydrogen-bond donors (Lipinski definition) is 1. The van der Waals surface area contributed by atoms with Gasteiger partial charge in [-0.1, -0.05) is 41.9 Å². The molecule has 0 saturated carbocycles. The summed E-state index contributed by atoms with van der Waals surface area (Å²) in [5, 5.41) is 13.5. The highest BCUT2D eigenvalue weighted by atomic mass is 35.5. The minimum Gasteiger partial charge on any atom is -0.502 e. The minimum absolute atomic E-state index is 0.0565. The molecule has 0 unspecified atom stereocenters. The number of thioether (sulfide) groups is 1. The Kier molecular flexibility index (Phi) is 4.95. The fourth-order valence-corrected chi connectivity index (χ4v) is 7.04. The van der Waals surface area contributed by atoms with Crippen molar-refractivity contribution in [3.8, 4) is 5.75 Å². The molecule has 2 fully saturated rings. The molecule has 8 nitrogen and oxygen atoms in total. The number of rotatable bonds is 1. The Balaban J connectivity index is 1.50. The Labute approximate surface area is 215 Å². The number of benzene rings is 2. The molecule has 2 saturated heterocycles. The highest BCUT2D eigenvalue weighted by molar-refractivity contribution is 7.98. The molecule has 1 spiro atoms. The molecule has 2 atom stereocenters. The fourth-order valence-electron chi connectivity index (χ4n) is 5.66. The second-order valence-corrected chi connectivity index (χ2v) is 11.0. The fraction of sp³-hybridized carbons (Fsp3) is 0.308. The number of fused-ring (bicyclic) bond motifs is 4. The van der Waals surface area contributed by atoms with E-state index in [2.05, 4.69) is 18.2 Å². The molecular weight excluding hydrogens is 502 g/mol. The Morgan fingerprint density at radius 1 is 1.08 bits per heavy atom. The maximum Gasteiger partial charge on any atom is 0.278 e. The summed E-state index contributed by atoms with van der Waals surface area (Å²) in [6.07, 6.45) is 1.06. The predicted octanol–water partition coefficient (Wildman–Crippen LogP) is 3.12. The van der Waals surface area contributed by atoms with Gasteiger partial charge in [0, 0.05) is 33.5 Å². The molecule has 10 heteroatoms. The number of morpholine rings is 1. The number of amides is 1. The van der Waals surface area contributed by atoms with Gasteiger partial charge in [0.05, 0.1) is 26.4 Å². The second kappa shape index (κ2) is 8.01. The topological polar surface area (TPSA) is 84.2 Å². The van der Waals surface area contributed by atoms with Crippen molar-refractivity contribution in [3.63, 3.8) is 0 Å². The lowest BCUT2D eigenvalue weighted by atomic mass is 9.92. The van der Waals surface area contributed by atoms with Gasteiger partial charge in [0.15, 0.2) is 11.4 Å². The van der Waals surface area contributed by atoms with Crippen molar-refractivity contribution in [2.24, 2.45) is 0 Å². The van der Waals surface area contributed by atoms with E-state index in [1.807, 2.05) is 29.3 Å². The zero-order valence-electron chi connectivity index (χ0n) is 19.1. The summed E-state index contributed by atoms with van der Waals surface area (Å²) in [4.78, 5) is 29.0. The van der Waals surface area contributed by atoms with Crippen LogP contribution in [0.3, 0.4) is 0 Å². The van der Waals surface area contributed by atoms with Gasteiger partial charge in [-0.3, -0.25) is 19.3 Å². The van der Waals surface area contributed by atoms with Crippen LogP contribution in [-0.2, 0) is 15.2 Å². The van der Waals surface area contributed by atoms with Crippen LogP contribution in [0.4, 0.5) is 0 Å². The van der Waals surface area contributed by atoms with Crippen LogP contribution in [0.15, 0.2) is 64.4 Å². The molecule has 0 aliphatic carbocycles. The lowest BCUT2D eigenvalue weighted by molar-refractivity contribution is -0.245. The van der Waals surface area contributed by atoms with Gasteiger partial charge in [0.2, 0.25) is 5.43 Å². The van der Waals surface area contributed by atoms with E-state index >= 15 is 0 Å². The van der Waals surface area contributed by atoms with Crippen molar-refractivity contribution in [2.45, 2.75) is 28.5 Å². The third kappa shape index (κ3) is 3.10. The monoisotopic (exact) mass is 523 g/mol. The van der Waals surface area contributed by atoms with Crippen LogP contribution >= 0.6 is 23.4 Å². The molecule has 4 aliphatic heterocycles. The van der Waals surface area contributed by atoms with Crippen molar-refractivity contribution in [1.82, 2.24) is 9.58 Å². The normalized spacial score (nSPS) is 23.8. The van der Waals surface area contributed by atoms with Gasteiger partial charge in [-0.05, 0) is 23.3 Å². The maximum absolute atomic E-state index is 13.8. The number of ether oxygens (including phenoxy) is 2. The van der Waals surface area contributed by atoms with Crippen LogP contribution < -0.4 is 10.4 Å². The largest absolute Gasteiger partial charge is 0.502 e. The highest BCUT2D eigenvalue weighted by Gasteiger charge is 2.54. The number of halogens is 1. The number of nitrogens with zero attached hydrogens (tertiary/aromatic N) is 3. The first kappa shape index (κ1) is 22.2. The summed E-state index contributed by atoms with van der Waals surface area (Å²) in [6.45, 7) is 1.34. The number of aromatic hydroxyl groups is 1. The summed E-state index contributed by atoms with van der Waals surface area (Å²) >= 11 is 8.62. The second-order valence-electron chi connectivity index (χ2n) is 9.54. The van der Waals surface area contributed by atoms with Crippen LogP contribution in [0.1, 0.15) is 33.2 Å². The molecule has 7 rings (SSSR count). The Bertz CT molecular complexity index is 1470. The Morgan fingerprint density at radius 3 is 2.72 bits per heavy atom. The first-order valence-electron chi connectivity index (χ1n) is 11.7. The van der Waals surface area contributed by atoms with E-state index in [4.69, 9.17) is 21.1 Å². The lowest BCUT2D eigenvalue weighted by Crippen LogP contribution is -2.73. The molecule has 36 heavy (non-hydrogen) atoms. The van der Waals surface area contributed by atoms with Crippen molar-refractivity contribution in [1.29, 1.82) is 0 Å². The SMILES string of the molecule is O=C1c2c(O)c(=O)ccn2N([C@@H]2c3ccccc3SCc3cccc(Cl)c32)[C@@H]2COC3(COC3)CN12. The van der Waals surface area contributed by atoms with Gasteiger partial charge in [-0.25, -0.2) is 0 Å². The van der Waals surface area contributed by atoms with Crippen molar-refractivity contribution >= 4 is 29.3 Å². The summed E-state index contributed by atoms with van der Waals surface area (Å²) in [5.41, 5.74) is 1.82. The zero-order chi connectivity index (χ0) is 24.6. The molecule has 0 bridgehead atoms. The number of carbonyl (C=O) groups excluding carboxylic acids is 1. The average molecular weight is 524 g/mol. The summed E-state index contributed by atoms with van der Waals surface area (Å²) < 4.78 is 13.3. The van der Waals surface area contributed by atoms with E-state index < -0.39 is 34.9 Å². The van der Waals surface area contributed by atoms with E-state index in [-0.39, 0.29) is 12.3 Å². The summed E-state index contributed by atoms with van der Waals surface area (Å²) in [6, 6.07) is 14.9. The van der Waals surface area contributed by atoms with E-state index in [1.54, 1.807) is 27.5 Å². The van der Waals surface area contributed by atoms with Gasteiger partial charge in [-0.15, -0.1) is 11.8 Å². The van der Waals surface area contributed by atoms with Gasteiger partial charge in [-0.2, -0.15) is 0 Å². The minimum atomic E-state index is -0.599. The molecule has 2 aromatic carbocycles. The first-order valence-corrected chi connectivity index (χ1v) is 13.1. The number of carbonyl (C=O) groups is 1. The predicted molar refractivity (Wildman–Crippen MR) is 134 cm³/mol. The smallest absolute Gasteiger partial charge is 0.278 e. The Hall–Kier alpha value is -2.98. The Morgan fingerprint density at radius 2 is 1.92 bits per heavy atom. The van der Waals surface area contributed by atoms with Gasteiger partial charge in [0.25, 0.3) is 5.91 Å². The van der Waals surface area contributed by atoms with Crippen LogP contribution in [0.2, 0.25) is 5.02 Å². The third-order valence-electron chi connectivity index (χ3n) is 7.44. The summed E-state index contributed by atoms with van der Waals surface area (Å²) in [5.74, 6) is -0.229. The van der Waals surface area contributed by atoms with Crippen molar-refractivity contribution < 1.29 is 19.4 Å². The van der Waals surface area contributed by atoms with Crippen molar-refractivity contribution in [2.75, 3.05) is 31.4 Å². The molecule has 0 radical (unpaired) electrons. The molecule has 4 aliphatic rings. The van der Waals surface area contributed by atoms with E-state index in [0.29, 0.717) is 24.8 Å². The summed E-state index contributed by atoms with van der Waals surface area (Å²) in [7, 11) is 0. The molecule has 5 heterocycles. The first-order chi connectivity index (χ1) is 17.5. The van der Waals surface area contributed by atoms with E-state index in [9.17, 15) is 14.7 Å². The molecule has 3 aromatic rings. The van der Waals surface area contributed by atoms with Gasteiger partial charge in [0.1, 0.15) is 17.8 Å². The lowest BCUT2D eigenvalue weighted by Gasteiger charge is -2.57. The maximum atomic E-state index is 13.8. The van der Waals surface area contributed by atoms with Gasteiger partial charge >= 0.3 is 0 Å². The average Bonchev–Trinajstić information content (AvgIpc) is 3.03. The van der Waals surface area contributed by atoms with Gasteiger partial charge < -0.3 is 19.5 Å². The standard InChI is InChI=1S/C26H22ClN3O5S/c27-17-6-3-4-15-11-36-19-7-2-1-5-16(19)22(21(15)17)30-20-10-35-26(13-34-14-26)12-28(20)25(33)23-24(32)18(31)8-9-29(23)30/h1-9,20,22,32H,10-14H2/t20-,22-/m1/s1. The number of aromatic nitrogens is 1. The third-order valence-corrected chi connectivity index (χ3v) is 8.90. The molecule has 1 amide bonds. The molecular formula is C26H22ClN3O5S. The molecule has 1 N–H and O–H groups in total. The van der Waals surface area contributed by atoms with Crippen LogP contribution in [0.5, 0.6) is 5.75 Å². The van der Waals surface area contributed by atoms with Crippen LogP contribution in [0.25, 0.3) is 0 Å². The van der Waals surface area contributed by atoms with Crippen LogP contribution in [0, 0.1) is 0 Å². The van der Waals surface area contributed by atoms with E-state index in [0.717, 1.165) is 27.3 Å². The zero-order valence-corrected chi connectivity index (χ0v) is 20.7. The quantitative estimate of drug-likeness (QED) is 0.524. The molecule has 184 valence electrons. The van der Waals surface area contributed by atoms with Crippen molar-refractivity contribution in [3.05, 3.63) is 92.4 Å².